The van der Waals surface area contributed by atoms with Crippen molar-refractivity contribution in [2.45, 2.75) is 25.0 Å². The van der Waals surface area contributed by atoms with Gasteiger partial charge in [0.2, 0.25) is 0 Å². The molecule has 2 rings (SSSR count). The van der Waals surface area contributed by atoms with Crippen molar-refractivity contribution < 1.29 is 5.11 Å². The maximum absolute atomic E-state index is 9.73. The second-order valence-corrected chi connectivity index (χ2v) is 3.61. The highest BCUT2D eigenvalue weighted by molar-refractivity contribution is 5.85. The van der Waals surface area contributed by atoms with Gasteiger partial charge in [0.05, 0.1) is 6.10 Å². The molecule has 0 radical (unpaired) electrons. The number of aliphatic hydroxyl groups is 1. The summed E-state index contributed by atoms with van der Waals surface area (Å²) in [7, 11) is 0. The molecule has 1 aromatic carbocycles. The number of rotatable bonds is 4. The van der Waals surface area contributed by atoms with Crippen LogP contribution in [0.1, 0.15) is 24.5 Å². The number of halogens is 1. The van der Waals surface area contributed by atoms with E-state index in [1.54, 1.807) is 0 Å². The first-order valence-corrected chi connectivity index (χ1v) is 4.82. The van der Waals surface area contributed by atoms with Crippen molar-refractivity contribution >= 4 is 12.4 Å². The highest BCUT2D eigenvalue weighted by Crippen LogP contribution is 2.20. The molecule has 0 saturated heterocycles. The lowest BCUT2D eigenvalue weighted by atomic mass is 10.1. The molecule has 0 bridgehead atoms. The first-order valence-electron chi connectivity index (χ1n) is 4.82. The summed E-state index contributed by atoms with van der Waals surface area (Å²) >= 11 is 0. The van der Waals surface area contributed by atoms with Gasteiger partial charge in [-0.25, -0.2) is 0 Å². The molecule has 1 atom stereocenters. The fourth-order valence-electron chi connectivity index (χ4n) is 1.36. The van der Waals surface area contributed by atoms with Gasteiger partial charge in [0, 0.05) is 12.6 Å². The van der Waals surface area contributed by atoms with Gasteiger partial charge in [-0.05, 0) is 18.4 Å². The van der Waals surface area contributed by atoms with Crippen molar-refractivity contribution in [2.75, 3.05) is 6.54 Å². The molecule has 0 aromatic heterocycles. The highest BCUT2D eigenvalue weighted by Gasteiger charge is 2.21. The van der Waals surface area contributed by atoms with Crippen molar-refractivity contribution in [1.82, 2.24) is 5.32 Å². The monoisotopic (exact) mass is 213 g/mol. The van der Waals surface area contributed by atoms with Gasteiger partial charge in [-0.2, -0.15) is 0 Å². The molecule has 0 amide bonds. The maximum atomic E-state index is 9.73. The molecule has 3 heteroatoms. The van der Waals surface area contributed by atoms with Crippen LogP contribution in [0.3, 0.4) is 0 Å². The summed E-state index contributed by atoms with van der Waals surface area (Å²) in [5.74, 6) is 0. The average molecular weight is 214 g/mol. The Morgan fingerprint density at radius 3 is 2.50 bits per heavy atom. The average Bonchev–Trinajstić information content (AvgIpc) is 2.99. The number of nitrogens with one attached hydrogen (secondary N) is 1. The Morgan fingerprint density at radius 1 is 1.29 bits per heavy atom. The molecular weight excluding hydrogens is 198 g/mol. The number of benzene rings is 1. The van der Waals surface area contributed by atoms with E-state index in [4.69, 9.17) is 0 Å². The lowest BCUT2D eigenvalue weighted by Crippen LogP contribution is -2.23. The fourth-order valence-corrected chi connectivity index (χ4v) is 1.36. The molecule has 0 spiro atoms. The minimum absolute atomic E-state index is 0. The standard InChI is InChI=1S/C11H15NO.ClH/c13-11(8-12-10-6-7-10)9-4-2-1-3-5-9;/h1-5,10-13H,6-8H2;1H. The van der Waals surface area contributed by atoms with Crippen molar-refractivity contribution in [2.24, 2.45) is 0 Å². The second kappa shape index (κ2) is 5.35. The molecule has 78 valence electrons. The molecule has 1 aliphatic carbocycles. The third-order valence-corrected chi connectivity index (χ3v) is 2.36. The molecule has 14 heavy (non-hydrogen) atoms. The van der Waals surface area contributed by atoms with Gasteiger partial charge in [-0.1, -0.05) is 30.3 Å². The lowest BCUT2D eigenvalue weighted by molar-refractivity contribution is 0.174. The van der Waals surface area contributed by atoms with E-state index in [1.807, 2.05) is 30.3 Å². The van der Waals surface area contributed by atoms with Gasteiger partial charge in [0.25, 0.3) is 0 Å². The van der Waals surface area contributed by atoms with Gasteiger partial charge in [0.1, 0.15) is 0 Å². The molecule has 0 heterocycles. The number of hydrogen-bond acceptors (Lipinski definition) is 2. The van der Waals surface area contributed by atoms with Crippen molar-refractivity contribution in [3.63, 3.8) is 0 Å². The highest BCUT2D eigenvalue weighted by atomic mass is 35.5. The predicted octanol–water partition coefficient (Wildman–Crippen LogP) is 1.89. The van der Waals surface area contributed by atoms with Crippen LogP contribution in [0, 0.1) is 0 Å². The molecule has 1 saturated carbocycles. The molecule has 0 aliphatic heterocycles. The maximum Gasteiger partial charge on any atom is 0.0914 e. The summed E-state index contributed by atoms with van der Waals surface area (Å²) in [5, 5.41) is 13.0. The number of hydrogen-bond donors (Lipinski definition) is 2. The quantitative estimate of drug-likeness (QED) is 0.801. The van der Waals surface area contributed by atoms with E-state index in [2.05, 4.69) is 5.32 Å². The van der Waals surface area contributed by atoms with E-state index in [9.17, 15) is 5.11 Å². The van der Waals surface area contributed by atoms with Crippen molar-refractivity contribution in [3.05, 3.63) is 35.9 Å². The molecule has 1 aliphatic rings. The van der Waals surface area contributed by atoms with Gasteiger partial charge in [-0.15, -0.1) is 12.4 Å². The Balaban J connectivity index is 0.000000980. The van der Waals surface area contributed by atoms with Crippen molar-refractivity contribution in [1.29, 1.82) is 0 Å². The topological polar surface area (TPSA) is 32.3 Å². The van der Waals surface area contributed by atoms with Gasteiger partial charge >= 0.3 is 0 Å². The van der Waals surface area contributed by atoms with Crippen LogP contribution in [-0.4, -0.2) is 17.7 Å². The normalized spacial score (nSPS) is 17.2. The van der Waals surface area contributed by atoms with Crippen LogP contribution in [0.4, 0.5) is 0 Å². The van der Waals surface area contributed by atoms with Crippen LogP contribution in [0.15, 0.2) is 30.3 Å². The Morgan fingerprint density at radius 2 is 1.93 bits per heavy atom. The van der Waals surface area contributed by atoms with Gasteiger partial charge < -0.3 is 10.4 Å². The molecule has 1 fully saturated rings. The molecule has 1 aromatic rings. The van der Waals surface area contributed by atoms with Crippen LogP contribution in [0.5, 0.6) is 0 Å². The Kier molecular flexibility index (Phi) is 4.39. The van der Waals surface area contributed by atoms with Crippen molar-refractivity contribution in [3.8, 4) is 0 Å². The summed E-state index contributed by atoms with van der Waals surface area (Å²) in [5.41, 5.74) is 0.996. The Hall–Kier alpha value is -0.570. The molecule has 1 unspecified atom stereocenters. The minimum atomic E-state index is -0.359. The third kappa shape index (κ3) is 3.29. The first kappa shape index (κ1) is 11.5. The van der Waals surface area contributed by atoms with Crippen LogP contribution >= 0.6 is 12.4 Å². The van der Waals surface area contributed by atoms with Crippen LogP contribution in [-0.2, 0) is 0 Å². The van der Waals surface area contributed by atoms with E-state index in [1.165, 1.54) is 12.8 Å². The minimum Gasteiger partial charge on any atom is -0.387 e. The largest absolute Gasteiger partial charge is 0.387 e. The zero-order valence-corrected chi connectivity index (χ0v) is 8.83. The number of aliphatic hydroxyl groups excluding tert-OH is 1. The molecule has 2 nitrogen and oxygen atoms in total. The zero-order chi connectivity index (χ0) is 9.10. The lowest BCUT2D eigenvalue weighted by Gasteiger charge is -2.11. The Labute approximate surface area is 90.7 Å². The molecular formula is C11H16ClNO. The first-order chi connectivity index (χ1) is 6.36. The summed E-state index contributed by atoms with van der Waals surface area (Å²) in [4.78, 5) is 0. The second-order valence-electron chi connectivity index (χ2n) is 3.61. The fraction of sp³-hybridized carbons (Fsp3) is 0.455. The van der Waals surface area contributed by atoms with Crippen LogP contribution in [0.2, 0.25) is 0 Å². The molecule has 2 N–H and O–H groups in total. The van der Waals surface area contributed by atoms with E-state index in [0.717, 1.165) is 5.56 Å². The van der Waals surface area contributed by atoms with E-state index in [-0.39, 0.29) is 18.5 Å². The zero-order valence-electron chi connectivity index (χ0n) is 8.02. The van der Waals surface area contributed by atoms with Crippen LogP contribution in [0.25, 0.3) is 0 Å². The van der Waals surface area contributed by atoms with Gasteiger partial charge in [-0.3, -0.25) is 0 Å². The van der Waals surface area contributed by atoms with E-state index in [0.29, 0.717) is 12.6 Å². The predicted molar refractivity (Wildman–Crippen MR) is 59.7 cm³/mol. The van der Waals surface area contributed by atoms with Gasteiger partial charge in [0.15, 0.2) is 0 Å². The van der Waals surface area contributed by atoms with Crippen LogP contribution < -0.4 is 5.32 Å². The smallest absolute Gasteiger partial charge is 0.0914 e. The summed E-state index contributed by atoms with van der Waals surface area (Å²) in [6.07, 6.45) is 2.17. The van der Waals surface area contributed by atoms with E-state index < -0.39 is 0 Å². The SMILES string of the molecule is Cl.OC(CNC1CC1)c1ccccc1. The Bertz CT molecular complexity index is 261. The summed E-state index contributed by atoms with van der Waals surface area (Å²) < 4.78 is 0. The van der Waals surface area contributed by atoms with E-state index >= 15 is 0 Å². The summed E-state index contributed by atoms with van der Waals surface area (Å²) in [6, 6.07) is 10.5. The summed E-state index contributed by atoms with van der Waals surface area (Å²) in [6.45, 7) is 0.675. The third-order valence-electron chi connectivity index (χ3n) is 2.36.